The van der Waals surface area contributed by atoms with Crippen LogP contribution in [0.3, 0.4) is 0 Å². The zero-order valence-corrected chi connectivity index (χ0v) is 20.1. The van der Waals surface area contributed by atoms with E-state index in [4.69, 9.17) is 21.7 Å². The molecular formula is C25H29N3O4S. The van der Waals surface area contributed by atoms with E-state index < -0.39 is 6.04 Å². The first kappa shape index (κ1) is 24.3. The average molecular weight is 468 g/mol. The van der Waals surface area contributed by atoms with Crippen LogP contribution in [0.5, 0.6) is 5.75 Å². The predicted octanol–water partition coefficient (Wildman–Crippen LogP) is 4.18. The van der Waals surface area contributed by atoms with Gasteiger partial charge in [-0.2, -0.15) is 0 Å². The second-order valence-corrected chi connectivity index (χ2v) is 8.24. The summed E-state index contributed by atoms with van der Waals surface area (Å²) in [6.45, 7) is 8.04. The maximum atomic E-state index is 12.9. The van der Waals surface area contributed by atoms with Crippen molar-refractivity contribution < 1.29 is 19.1 Å². The van der Waals surface area contributed by atoms with E-state index in [1.807, 2.05) is 62.9 Å². The normalized spacial score (nSPS) is 15.8. The summed E-state index contributed by atoms with van der Waals surface area (Å²) in [6.07, 6.45) is -0.238. The first-order valence-corrected chi connectivity index (χ1v) is 11.3. The lowest BCUT2D eigenvalue weighted by Crippen LogP contribution is -2.47. The van der Waals surface area contributed by atoms with Crippen LogP contribution >= 0.6 is 12.2 Å². The Balaban J connectivity index is 1.74. The molecule has 33 heavy (non-hydrogen) atoms. The molecule has 0 radical (unpaired) electrons. The molecular weight excluding hydrogens is 438 g/mol. The highest BCUT2D eigenvalue weighted by Crippen LogP contribution is 2.32. The fraction of sp³-hybridized carbons (Fsp3) is 0.320. The molecule has 2 aromatic rings. The molecule has 0 aliphatic carbocycles. The number of esters is 1. The molecule has 1 aliphatic heterocycles. The van der Waals surface area contributed by atoms with Crippen LogP contribution in [-0.2, 0) is 14.3 Å². The predicted molar refractivity (Wildman–Crippen MR) is 132 cm³/mol. The second kappa shape index (κ2) is 11.0. The van der Waals surface area contributed by atoms with E-state index in [1.165, 1.54) is 0 Å². The highest BCUT2D eigenvalue weighted by molar-refractivity contribution is 7.80. The van der Waals surface area contributed by atoms with Gasteiger partial charge in [-0.3, -0.25) is 4.79 Å². The van der Waals surface area contributed by atoms with Crippen LogP contribution in [0.4, 0.5) is 5.69 Å². The standard InChI is InChI=1S/C25H29N3O4S/c1-5-28-17(4)22(24(30)32-16(2)3)23(27-25(28)33)18-11-13-19(14-12-18)26-21(29)15-31-20-9-7-6-8-10-20/h6-14,16,23H,5,15H2,1-4H3,(H,26,29)(H,27,33)/t23-/m0/s1. The van der Waals surface area contributed by atoms with E-state index in [-0.39, 0.29) is 24.6 Å². The van der Waals surface area contributed by atoms with Crippen LogP contribution in [0.2, 0.25) is 0 Å². The van der Waals surface area contributed by atoms with E-state index in [9.17, 15) is 9.59 Å². The molecule has 8 heteroatoms. The summed E-state index contributed by atoms with van der Waals surface area (Å²) in [5, 5.41) is 6.62. The van der Waals surface area contributed by atoms with Crippen molar-refractivity contribution >= 4 is 34.9 Å². The SMILES string of the molecule is CCN1C(=S)N[C@@H](c2ccc(NC(=O)COc3ccccc3)cc2)C(C(=O)OC(C)C)=C1C. The number of hydrogen-bond donors (Lipinski definition) is 2. The van der Waals surface area contributed by atoms with Crippen molar-refractivity contribution in [2.75, 3.05) is 18.5 Å². The lowest BCUT2D eigenvalue weighted by Gasteiger charge is -2.37. The lowest BCUT2D eigenvalue weighted by atomic mass is 9.94. The Morgan fingerprint density at radius 1 is 1.12 bits per heavy atom. The van der Waals surface area contributed by atoms with E-state index >= 15 is 0 Å². The summed E-state index contributed by atoms with van der Waals surface area (Å²) in [7, 11) is 0. The van der Waals surface area contributed by atoms with Gasteiger partial charge in [0.25, 0.3) is 5.91 Å². The molecule has 1 heterocycles. The van der Waals surface area contributed by atoms with Gasteiger partial charge in [0.05, 0.1) is 17.7 Å². The Morgan fingerprint density at radius 2 is 1.79 bits per heavy atom. The monoisotopic (exact) mass is 467 g/mol. The van der Waals surface area contributed by atoms with Crippen molar-refractivity contribution in [1.82, 2.24) is 10.2 Å². The number of amides is 1. The Kier molecular flexibility index (Phi) is 8.06. The molecule has 3 rings (SSSR count). The Morgan fingerprint density at radius 3 is 2.39 bits per heavy atom. The first-order valence-electron chi connectivity index (χ1n) is 10.9. The third-order valence-corrected chi connectivity index (χ3v) is 5.45. The number of thiocarbonyl (C=S) groups is 1. The minimum atomic E-state index is -0.447. The van der Waals surface area contributed by atoms with Gasteiger partial charge in [0, 0.05) is 17.9 Å². The number of nitrogens with one attached hydrogen (secondary N) is 2. The number of nitrogens with zero attached hydrogens (tertiary/aromatic N) is 1. The van der Waals surface area contributed by atoms with Crippen LogP contribution in [-0.4, -0.2) is 41.1 Å². The van der Waals surface area contributed by atoms with Crippen LogP contribution in [0.15, 0.2) is 65.9 Å². The number of anilines is 1. The number of allylic oxidation sites excluding steroid dienone is 1. The number of carbonyl (C=O) groups excluding carboxylic acids is 2. The minimum Gasteiger partial charge on any atom is -0.484 e. The van der Waals surface area contributed by atoms with Crippen molar-refractivity contribution in [3.05, 3.63) is 71.4 Å². The number of rotatable bonds is 8. The van der Waals surface area contributed by atoms with Gasteiger partial charge >= 0.3 is 5.97 Å². The molecule has 0 aromatic heterocycles. The van der Waals surface area contributed by atoms with Crippen molar-refractivity contribution in [2.45, 2.75) is 39.8 Å². The van der Waals surface area contributed by atoms with Crippen molar-refractivity contribution in [3.63, 3.8) is 0 Å². The van der Waals surface area contributed by atoms with Crippen LogP contribution in [0.25, 0.3) is 0 Å². The molecule has 1 aliphatic rings. The number of hydrogen-bond acceptors (Lipinski definition) is 5. The summed E-state index contributed by atoms with van der Waals surface area (Å²) in [4.78, 5) is 27.0. The fourth-order valence-electron chi connectivity index (χ4n) is 3.58. The third-order valence-electron chi connectivity index (χ3n) is 5.12. The van der Waals surface area contributed by atoms with Gasteiger partial charge < -0.3 is 25.0 Å². The smallest absolute Gasteiger partial charge is 0.338 e. The molecule has 7 nitrogen and oxygen atoms in total. The molecule has 1 atom stereocenters. The second-order valence-electron chi connectivity index (χ2n) is 7.85. The molecule has 0 fully saturated rings. The van der Waals surface area contributed by atoms with Crippen LogP contribution < -0.4 is 15.4 Å². The molecule has 2 aromatic carbocycles. The van der Waals surface area contributed by atoms with E-state index in [0.717, 1.165) is 11.3 Å². The number of benzene rings is 2. The third kappa shape index (κ3) is 6.10. The molecule has 0 spiro atoms. The fourth-order valence-corrected chi connectivity index (χ4v) is 3.96. The largest absolute Gasteiger partial charge is 0.484 e. The van der Waals surface area contributed by atoms with Gasteiger partial charge in [0.2, 0.25) is 0 Å². The average Bonchev–Trinajstić information content (AvgIpc) is 2.78. The number of para-hydroxylation sites is 1. The molecule has 1 amide bonds. The van der Waals surface area contributed by atoms with E-state index in [0.29, 0.717) is 28.7 Å². The Bertz CT molecular complexity index is 1040. The first-order chi connectivity index (χ1) is 15.8. The van der Waals surface area contributed by atoms with Gasteiger partial charge in [0.15, 0.2) is 11.7 Å². The summed E-state index contributed by atoms with van der Waals surface area (Å²) < 4.78 is 11.0. The number of carbonyl (C=O) groups is 2. The van der Waals surface area contributed by atoms with Gasteiger partial charge in [-0.05, 0) is 69.7 Å². The van der Waals surface area contributed by atoms with Gasteiger partial charge in [-0.15, -0.1) is 0 Å². The van der Waals surface area contributed by atoms with Crippen molar-refractivity contribution in [3.8, 4) is 5.75 Å². The quantitative estimate of drug-likeness (QED) is 0.445. The van der Waals surface area contributed by atoms with Crippen LogP contribution in [0, 0.1) is 0 Å². The maximum absolute atomic E-state index is 12.9. The molecule has 174 valence electrons. The zero-order chi connectivity index (χ0) is 24.0. The summed E-state index contributed by atoms with van der Waals surface area (Å²) in [5.41, 5.74) is 2.75. The summed E-state index contributed by atoms with van der Waals surface area (Å²) >= 11 is 5.52. The highest BCUT2D eigenvalue weighted by Gasteiger charge is 2.34. The molecule has 0 bridgehead atoms. The number of ether oxygens (including phenoxy) is 2. The summed E-state index contributed by atoms with van der Waals surface area (Å²) in [6, 6.07) is 16.0. The van der Waals surface area contributed by atoms with Gasteiger partial charge in [-0.1, -0.05) is 30.3 Å². The topological polar surface area (TPSA) is 79.9 Å². The Hall–Kier alpha value is -3.39. The van der Waals surface area contributed by atoms with Gasteiger partial charge in [0.1, 0.15) is 5.75 Å². The van der Waals surface area contributed by atoms with Gasteiger partial charge in [-0.25, -0.2) is 4.79 Å². The summed E-state index contributed by atoms with van der Waals surface area (Å²) in [5.74, 6) is -0.0121. The molecule has 0 saturated carbocycles. The molecule has 0 saturated heterocycles. The highest BCUT2D eigenvalue weighted by atomic mass is 32.1. The Labute approximate surface area is 199 Å². The molecule has 0 unspecified atom stereocenters. The maximum Gasteiger partial charge on any atom is 0.338 e. The van der Waals surface area contributed by atoms with Crippen molar-refractivity contribution in [2.24, 2.45) is 0 Å². The lowest BCUT2D eigenvalue weighted by molar-refractivity contribution is -0.143. The molecule has 2 N–H and O–H groups in total. The van der Waals surface area contributed by atoms with Crippen LogP contribution in [0.1, 0.15) is 39.3 Å². The zero-order valence-electron chi connectivity index (χ0n) is 19.3. The minimum absolute atomic E-state index is 0.0931. The van der Waals surface area contributed by atoms with E-state index in [2.05, 4.69) is 10.6 Å². The van der Waals surface area contributed by atoms with Crippen molar-refractivity contribution in [1.29, 1.82) is 0 Å². The van der Waals surface area contributed by atoms with E-state index in [1.54, 1.807) is 24.3 Å².